The van der Waals surface area contributed by atoms with Gasteiger partial charge < -0.3 is 9.84 Å². The molecule has 28 heavy (non-hydrogen) atoms. The molecule has 0 atom stereocenters. The molecular weight excluding hydrogens is 578 g/mol. The second-order valence-electron chi connectivity index (χ2n) is 5.73. The number of ether oxygens (including phenoxy) is 1. The van der Waals surface area contributed by atoms with Gasteiger partial charge >= 0.3 is 0 Å². The van der Waals surface area contributed by atoms with Crippen molar-refractivity contribution in [1.82, 2.24) is 4.90 Å². The number of amides is 2. The number of hydrogen-bond donors (Lipinski definition) is 1. The van der Waals surface area contributed by atoms with Crippen LogP contribution in [0.3, 0.4) is 0 Å². The minimum Gasteiger partial charge on any atom is -0.503 e. The number of thioether (sulfide) groups is 1. The van der Waals surface area contributed by atoms with Gasteiger partial charge in [0.05, 0.1) is 22.5 Å². The Kier molecular flexibility index (Phi) is 6.90. The highest BCUT2D eigenvalue weighted by Crippen LogP contribution is 2.44. The maximum Gasteiger partial charge on any atom is 0.293 e. The molecule has 2 aromatic rings. The van der Waals surface area contributed by atoms with Crippen molar-refractivity contribution in [3.63, 3.8) is 0 Å². The van der Waals surface area contributed by atoms with Crippen molar-refractivity contribution in [2.45, 2.75) is 13.5 Å². The summed E-state index contributed by atoms with van der Waals surface area (Å²) in [5.41, 5.74) is 1.46. The minimum atomic E-state index is -0.361. The first-order valence-corrected chi connectivity index (χ1v) is 11.4. The summed E-state index contributed by atoms with van der Waals surface area (Å²) < 4.78 is 7.25. The number of aromatic hydroxyl groups is 1. The van der Waals surface area contributed by atoms with E-state index in [0.29, 0.717) is 26.0 Å². The van der Waals surface area contributed by atoms with E-state index < -0.39 is 0 Å². The molecule has 146 valence electrons. The van der Waals surface area contributed by atoms with Crippen LogP contribution in [0.5, 0.6) is 11.5 Å². The van der Waals surface area contributed by atoms with Crippen LogP contribution in [-0.2, 0) is 11.3 Å². The van der Waals surface area contributed by atoms with Crippen molar-refractivity contribution in [3.05, 3.63) is 59.8 Å². The van der Waals surface area contributed by atoms with Gasteiger partial charge in [-0.25, -0.2) is 0 Å². The Bertz CT molecular complexity index is 993. The van der Waals surface area contributed by atoms with Gasteiger partial charge in [0.2, 0.25) is 0 Å². The summed E-state index contributed by atoms with van der Waals surface area (Å²) in [6.45, 7) is 2.37. The summed E-state index contributed by atoms with van der Waals surface area (Å²) in [7, 11) is 0. The van der Waals surface area contributed by atoms with Crippen LogP contribution in [0.15, 0.2) is 48.7 Å². The molecule has 0 bridgehead atoms. The first-order chi connectivity index (χ1) is 13.3. The Balaban J connectivity index is 1.93. The highest BCUT2D eigenvalue weighted by atomic mass is 79.9. The van der Waals surface area contributed by atoms with Crippen LogP contribution >= 0.6 is 59.6 Å². The van der Waals surface area contributed by atoms with Crippen LogP contribution in [0.2, 0.25) is 0 Å². The fraction of sp³-hybridized carbons (Fsp3) is 0.158. The van der Waals surface area contributed by atoms with Crippen LogP contribution in [0.4, 0.5) is 4.79 Å². The van der Waals surface area contributed by atoms with Crippen LogP contribution in [0.1, 0.15) is 18.1 Å². The molecule has 1 N–H and O–H groups in total. The SMILES string of the molecule is CCOc1cc(/C=C2\SC(=O)N(Cc3ccccc3Br)C2=O)c(Br)c(Br)c1O. The molecule has 2 amide bonds. The summed E-state index contributed by atoms with van der Waals surface area (Å²) in [4.78, 5) is 26.7. The lowest BCUT2D eigenvalue weighted by atomic mass is 10.1. The Labute approximate surface area is 191 Å². The standard InChI is InChI=1S/C19H14Br3NO4S/c1-2-27-13-7-11(15(21)16(22)17(13)24)8-14-18(25)23(19(26)28-14)9-10-5-3-4-6-12(10)20/h3-8,24H,2,9H2,1H3/b14-8-. The monoisotopic (exact) mass is 589 g/mol. The molecule has 0 radical (unpaired) electrons. The molecule has 1 saturated heterocycles. The number of phenolic OH excluding ortho intramolecular Hbond substituents is 1. The Hall–Kier alpha value is -1.29. The lowest BCUT2D eigenvalue weighted by Crippen LogP contribution is -2.27. The van der Waals surface area contributed by atoms with Gasteiger partial charge in [-0.05, 0) is 79.9 Å². The molecule has 1 aliphatic rings. The highest BCUT2D eigenvalue weighted by molar-refractivity contribution is 9.13. The first-order valence-electron chi connectivity index (χ1n) is 8.16. The highest BCUT2D eigenvalue weighted by Gasteiger charge is 2.35. The minimum absolute atomic E-state index is 0.0343. The van der Waals surface area contributed by atoms with Gasteiger partial charge in [0.15, 0.2) is 11.5 Å². The summed E-state index contributed by atoms with van der Waals surface area (Å²) in [5.74, 6) is -0.107. The molecular formula is C19H14Br3NO4S. The lowest BCUT2D eigenvalue weighted by Gasteiger charge is -2.13. The molecule has 9 heteroatoms. The Morgan fingerprint density at radius 3 is 2.57 bits per heavy atom. The van der Waals surface area contributed by atoms with E-state index in [0.717, 1.165) is 21.8 Å². The maximum absolute atomic E-state index is 12.8. The lowest BCUT2D eigenvalue weighted by molar-refractivity contribution is -0.123. The zero-order valence-corrected chi connectivity index (χ0v) is 20.1. The average molecular weight is 592 g/mol. The molecule has 2 aromatic carbocycles. The van der Waals surface area contributed by atoms with Crippen molar-refractivity contribution in [1.29, 1.82) is 0 Å². The number of hydrogen-bond acceptors (Lipinski definition) is 5. The summed E-state index contributed by atoms with van der Waals surface area (Å²) in [6.07, 6.45) is 1.61. The van der Waals surface area contributed by atoms with Crippen LogP contribution in [-0.4, -0.2) is 27.8 Å². The van der Waals surface area contributed by atoms with Crippen LogP contribution in [0.25, 0.3) is 6.08 Å². The molecule has 1 aliphatic heterocycles. The second-order valence-corrected chi connectivity index (χ2v) is 9.17. The van der Waals surface area contributed by atoms with Gasteiger partial charge in [-0.1, -0.05) is 34.1 Å². The van der Waals surface area contributed by atoms with Crippen molar-refractivity contribution in [2.24, 2.45) is 0 Å². The molecule has 0 aliphatic carbocycles. The fourth-order valence-electron chi connectivity index (χ4n) is 2.56. The molecule has 0 spiro atoms. The number of rotatable bonds is 5. The summed E-state index contributed by atoms with van der Waals surface area (Å²) >= 11 is 11.0. The van der Waals surface area contributed by atoms with Gasteiger partial charge in [0, 0.05) is 8.95 Å². The number of phenols is 1. The van der Waals surface area contributed by atoms with Crippen LogP contribution < -0.4 is 4.74 Å². The first kappa shape index (κ1) is 21.4. The van der Waals surface area contributed by atoms with Crippen LogP contribution in [0, 0.1) is 0 Å². The second kappa shape index (κ2) is 9.02. The van der Waals surface area contributed by atoms with E-state index >= 15 is 0 Å². The number of carbonyl (C=O) groups is 2. The number of halogens is 3. The normalized spacial score (nSPS) is 15.6. The maximum atomic E-state index is 12.8. The van der Waals surface area contributed by atoms with Gasteiger partial charge in [-0.3, -0.25) is 14.5 Å². The van der Waals surface area contributed by atoms with Crippen molar-refractivity contribution >= 4 is 76.8 Å². The third kappa shape index (κ3) is 4.32. The number of carbonyl (C=O) groups excluding carboxylic acids is 2. The van der Waals surface area contributed by atoms with Crippen molar-refractivity contribution in [3.8, 4) is 11.5 Å². The third-order valence-electron chi connectivity index (χ3n) is 3.92. The topological polar surface area (TPSA) is 66.8 Å². The van der Waals surface area contributed by atoms with Gasteiger partial charge in [0.25, 0.3) is 11.1 Å². The van der Waals surface area contributed by atoms with E-state index in [1.165, 1.54) is 4.90 Å². The summed E-state index contributed by atoms with van der Waals surface area (Å²) in [6, 6.07) is 9.08. The number of nitrogens with zero attached hydrogens (tertiary/aromatic N) is 1. The zero-order valence-electron chi connectivity index (χ0n) is 14.5. The largest absolute Gasteiger partial charge is 0.503 e. The van der Waals surface area contributed by atoms with E-state index in [1.54, 1.807) is 12.1 Å². The number of imide groups is 1. The summed E-state index contributed by atoms with van der Waals surface area (Å²) in [5, 5.41) is 9.83. The molecule has 1 fully saturated rings. The quantitative estimate of drug-likeness (QED) is 0.413. The molecule has 1 heterocycles. The molecule has 0 unspecified atom stereocenters. The zero-order chi connectivity index (χ0) is 20.4. The van der Waals surface area contributed by atoms with Crippen molar-refractivity contribution in [2.75, 3.05) is 6.61 Å². The van der Waals surface area contributed by atoms with E-state index in [4.69, 9.17) is 4.74 Å². The molecule has 3 rings (SSSR count). The van der Waals surface area contributed by atoms with Crippen molar-refractivity contribution < 1.29 is 19.4 Å². The molecule has 0 saturated carbocycles. The number of benzene rings is 2. The van der Waals surface area contributed by atoms with E-state index in [-0.39, 0.29) is 29.2 Å². The Morgan fingerprint density at radius 2 is 1.89 bits per heavy atom. The predicted octanol–water partition coefficient (Wildman–Crippen LogP) is 6.31. The van der Waals surface area contributed by atoms with Gasteiger partial charge in [0.1, 0.15) is 0 Å². The third-order valence-corrected chi connectivity index (χ3v) is 7.76. The van der Waals surface area contributed by atoms with Gasteiger partial charge in [-0.15, -0.1) is 0 Å². The van der Waals surface area contributed by atoms with Gasteiger partial charge in [-0.2, -0.15) is 0 Å². The predicted molar refractivity (Wildman–Crippen MR) is 120 cm³/mol. The van der Waals surface area contributed by atoms with E-state index in [9.17, 15) is 14.7 Å². The Morgan fingerprint density at radius 1 is 1.18 bits per heavy atom. The average Bonchev–Trinajstić information content (AvgIpc) is 2.93. The van der Waals surface area contributed by atoms with E-state index in [2.05, 4.69) is 47.8 Å². The molecule has 5 nitrogen and oxygen atoms in total. The fourth-order valence-corrected chi connectivity index (χ4v) is 4.64. The molecule has 0 aromatic heterocycles. The smallest absolute Gasteiger partial charge is 0.293 e. The van der Waals surface area contributed by atoms with E-state index in [1.807, 2.05) is 31.2 Å².